The van der Waals surface area contributed by atoms with Crippen LogP contribution >= 0.6 is 11.3 Å². The molecule has 2 aliphatic rings. The number of nitrogens with two attached hydrogens (primary N) is 1. The van der Waals surface area contributed by atoms with Gasteiger partial charge in [0, 0.05) is 24.0 Å². The minimum atomic E-state index is 0.0279. The van der Waals surface area contributed by atoms with Gasteiger partial charge in [0.15, 0.2) is 0 Å². The van der Waals surface area contributed by atoms with E-state index >= 15 is 0 Å². The van der Waals surface area contributed by atoms with E-state index in [-0.39, 0.29) is 5.78 Å². The smallest absolute Gasteiger partial charge is 0.205 e. The summed E-state index contributed by atoms with van der Waals surface area (Å²) in [6, 6.07) is 9.48. The summed E-state index contributed by atoms with van der Waals surface area (Å²) in [4.78, 5) is 21.5. The zero-order chi connectivity index (χ0) is 19.1. The molecule has 0 bridgehead atoms. The quantitative estimate of drug-likeness (QED) is 0.640. The van der Waals surface area contributed by atoms with Gasteiger partial charge in [0.05, 0.1) is 10.5 Å². The van der Waals surface area contributed by atoms with E-state index in [4.69, 9.17) is 10.7 Å². The molecule has 1 fully saturated rings. The van der Waals surface area contributed by atoms with Crippen molar-refractivity contribution in [3.8, 4) is 0 Å². The SMILES string of the molecule is Nc1sc(C(=O)c2ccccc2)c2nc(N3CCCCC3)c3c(c12)CCCC3. The molecule has 3 heterocycles. The molecule has 3 aromatic rings. The number of aromatic nitrogens is 1. The van der Waals surface area contributed by atoms with Crippen LogP contribution in [0.15, 0.2) is 30.3 Å². The van der Waals surface area contributed by atoms with Crippen LogP contribution in [0.1, 0.15) is 58.5 Å². The lowest BCUT2D eigenvalue weighted by Gasteiger charge is -2.32. The van der Waals surface area contributed by atoms with Gasteiger partial charge in [0.25, 0.3) is 0 Å². The van der Waals surface area contributed by atoms with Gasteiger partial charge >= 0.3 is 0 Å². The third kappa shape index (κ3) is 2.89. The lowest BCUT2D eigenvalue weighted by Crippen LogP contribution is -2.32. The third-order valence-corrected chi connectivity index (χ3v) is 7.07. The van der Waals surface area contributed by atoms with Crippen LogP contribution < -0.4 is 10.6 Å². The lowest BCUT2D eigenvalue weighted by molar-refractivity contribution is 0.104. The number of nitrogen functional groups attached to an aromatic ring is 1. The van der Waals surface area contributed by atoms with Crippen LogP contribution in [-0.2, 0) is 12.8 Å². The highest BCUT2D eigenvalue weighted by molar-refractivity contribution is 7.20. The molecular formula is C23H25N3OS. The number of fused-ring (bicyclic) bond motifs is 3. The summed E-state index contributed by atoms with van der Waals surface area (Å²) in [5, 5.41) is 1.78. The van der Waals surface area contributed by atoms with E-state index in [0.717, 1.165) is 47.7 Å². The van der Waals surface area contributed by atoms with Gasteiger partial charge in [-0.05, 0) is 56.1 Å². The molecule has 4 nitrogen and oxygen atoms in total. The second kappa shape index (κ2) is 7.21. The summed E-state index contributed by atoms with van der Waals surface area (Å²) in [5.41, 5.74) is 10.7. The van der Waals surface area contributed by atoms with Crippen molar-refractivity contribution >= 4 is 38.8 Å². The van der Waals surface area contributed by atoms with Crippen LogP contribution in [0.3, 0.4) is 0 Å². The summed E-state index contributed by atoms with van der Waals surface area (Å²) in [6.07, 6.45) is 8.23. The van der Waals surface area contributed by atoms with E-state index < -0.39 is 0 Å². The second-order valence-electron chi connectivity index (χ2n) is 7.86. The number of carbonyl (C=O) groups excluding carboxylic acids is 1. The zero-order valence-corrected chi connectivity index (χ0v) is 16.9. The number of thiophene rings is 1. The van der Waals surface area contributed by atoms with Gasteiger partial charge in [-0.25, -0.2) is 4.98 Å². The standard InChI is InChI=1S/C23H25N3OS/c24-22-18-16-11-5-6-12-17(16)23(26-13-7-2-8-14-26)25-19(18)21(28-22)20(27)15-9-3-1-4-10-15/h1,3-4,9-10H,2,5-8,11-14,24H2. The van der Waals surface area contributed by atoms with Crippen molar-refractivity contribution in [3.05, 3.63) is 51.9 Å². The van der Waals surface area contributed by atoms with Gasteiger partial charge in [0.1, 0.15) is 10.7 Å². The maximum atomic E-state index is 13.2. The van der Waals surface area contributed by atoms with Crippen molar-refractivity contribution in [3.63, 3.8) is 0 Å². The maximum Gasteiger partial charge on any atom is 0.205 e. The second-order valence-corrected chi connectivity index (χ2v) is 8.91. The Morgan fingerprint density at radius 3 is 2.43 bits per heavy atom. The van der Waals surface area contributed by atoms with E-state index in [1.807, 2.05) is 30.3 Å². The molecule has 2 aromatic heterocycles. The van der Waals surface area contributed by atoms with Crippen molar-refractivity contribution < 1.29 is 4.79 Å². The Kier molecular flexibility index (Phi) is 4.55. The normalized spacial score (nSPS) is 16.9. The number of rotatable bonds is 3. The molecule has 0 amide bonds. The first-order valence-corrected chi connectivity index (χ1v) is 11.1. The van der Waals surface area contributed by atoms with Crippen LogP contribution in [0.4, 0.5) is 10.8 Å². The van der Waals surface area contributed by atoms with E-state index in [0.29, 0.717) is 10.4 Å². The van der Waals surface area contributed by atoms with Gasteiger partial charge in [-0.2, -0.15) is 0 Å². The Labute approximate surface area is 169 Å². The molecule has 1 aliphatic heterocycles. The van der Waals surface area contributed by atoms with Crippen LogP contribution in [0.2, 0.25) is 0 Å². The topological polar surface area (TPSA) is 59.2 Å². The fraction of sp³-hybridized carbons (Fsp3) is 0.391. The lowest BCUT2D eigenvalue weighted by atomic mass is 9.89. The number of ketones is 1. The van der Waals surface area contributed by atoms with Crippen LogP contribution in [0.25, 0.3) is 10.9 Å². The number of carbonyl (C=O) groups is 1. The highest BCUT2D eigenvalue weighted by Crippen LogP contribution is 2.43. The molecule has 1 aliphatic carbocycles. The minimum Gasteiger partial charge on any atom is -0.390 e. The number of benzene rings is 1. The van der Waals surface area contributed by atoms with Crippen molar-refractivity contribution in [2.75, 3.05) is 23.7 Å². The van der Waals surface area contributed by atoms with Gasteiger partial charge in [-0.15, -0.1) is 11.3 Å². The predicted octanol–water partition coefficient (Wildman–Crippen LogP) is 4.98. The largest absolute Gasteiger partial charge is 0.390 e. The summed E-state index contributed by atoms with van der Waals surface area (Å²) in [5.74, 6) is 1.14. The molecule has 1 saturated heterocycles. The van der Waals surface area contributed by atoms with E-state index in [2.05, 4.69) is 4.90 Å². The fourth-order valence-corrected chi connectivity index (χ4v) is 5.68. The third-order valence-electron chi connectivity index (χ3n) is 6.07. The first kappa shape index (κ1) is 17.7. The molecule has 5 heteroatoms. The van der Waals surface area contributed by atoms with Crippen molar-refractivity contribution in [2.24, 2.45) is 0 Å². The van der Waals surface area contributed by atoms with Crippen molar-refractivity contribution in [1.82, 2.24) is 4.98 Å². The van der Waals surface area contributed by atoms with Gasteiger partial charge in [-0.3, -0.25) is 4.79 Å². The minimum absolute atomic E-state index is 0.0279. The van der Waals surface area contributed by atoms with Gasteiger partial charge in [0.2, 0.25) is 5.78 Å². The maximum absolute atomic E-state index is 13.2. The summed E-state index contributed by atoms with van der Waals surface area (Å²) in [6.45, 7) is 2.12. The van der Waals surface area contributed by atoms with Crippen molar-refractivity contribution in [2.45, 2.75) is 44.9 Å². The van der Waals surface area contributed by atoms with E-state index in [1.165, 1.54) is 54.6 Å². The Morgan fingerprint density at radius 2 is 1.68 bits per heavy atom. The summed E-state index contributed by atoms with van der Waals surface area (Å²) >= 11 is 1.41. The highest BCUT2D eigenvalue weighted by atomic mass is 32.1. The Bertz CT molecular complexity index is 1040. The Balaban J connectivity index is 1.72. The number of hydrogen-bond donors (Lipinski definition) is 1. The first-order chi connectivity index (χ1) is 13.7. The Hall–Kier alpha value is -2.40. The van der Waals surface area contributed by atoms with Gasteiger partial charge in [-0.1, -0.05) is 30.3 Å². The van der Waals surface area contributed by atoms with Crippen LogP contribution in [0, 0.1) is 0 Å². The average Bonchev–Trinajstić information content (AvgIpc) is 3.10. The fourth-order valence-electron chi connectivity index (χ4n) is 4.68. The molecular weight excluding hydrogens is 366 g/mol. The highest BCUT2D eigenvalue weighted by Gasteiger charge is 2.28. The van der Waals surface area contributed by atoms with E-state index in [1.54, 1.807) is 0 Å². The number of aryl methyl sites for hydroxylation is 1. The first-order valence-electron chi connectivity index (χ1n) is 10.3. The number of anilines is 2. The number of hydrogen-bond acceptors (Lipinski definition) is 5. The number of piperidine rings is 1. The molecule has 0 atom stereocenters. The number of pyridine rings is 1. The van der Waals surface area contributed by atoms with Crippen LogP contribution in [0.5, 0.6) is 0 Å². The monoisotopic (exact) mass is 391 g/mol. The molecule has 1 aromatic carbocycles. The molecule has 0 radical (unpaired) electrons. The molecule has 28 heavy (non-hydrogen) atoms. The van der Waals surface area contributed by atoms with Crippen molar-refractivity contribution in [1.29, 1.82) is 0 Å². The molecule has 0 saturated carbocycles. The molecule has 2 N–H and O–H groups in total. The molecule has 0 spiro atoms. The number of nitrogens with zero attached hydrogens (tertiary/aromatic N) is 2. The summed E-state index contributed by atoms with van der Waals surface area (Å²) < 4.78 is 0. The zero-order valence-electron chi connectivity index (χ0n) is 16.0. The predicted molar refractivity (Wildman–Crippen MR) is 117 cm³/mol. The molecule has 0 unspecified atom stereocenters. The average molecular weight is 392 g/mol. The summed E-state index contributed by atoms with van der Waals surface area (Å²) in [7, 11) is 0. The van der Waals surface area contributed by atoms with Gasteiger partial charge < -0.3 is 10.6 Å². The molecule has 5 rings (SSSR count). The Morgan fingerprint density at radius 1 is 0.964 bits per heavy atom. The van der Waals surface area contributed by atoms with E-state index in [9.17, 15) is 4.79 Å². The van der Waals surface area contributed by atoms with Crippen LogP contribution in [-0.4, -0.2) is 23.9 Å². The molecule has 144 valence electrons.